The summed E-state index contributed by atoms with van der Waals surface area (Å²) in [5.74, 6) is -1.91. The van der Waals surface area contributed by atoms with E-state index in [2.05, 4.69) is 4.98 Å². The Morgan fingerprint density at radius 2 is 1.25 bits per heavy atom. The number of ketones is 1. The number of aromatic amines is 1. The van der Waals surface area contributed by atoms with E-state index in [1.54, 1.807) is 25.2 Å². The maximum absolute atomic E-state index is 12.8. The van der Waals surface area contributed by atoms with Crippen LogP contribution in [0.3, 0.4) is 0 Å². The smallest absolute Gasteiger partial charge is 0.303 e. The highest BCUT2D eigenvalue weighted by Gasteiger charge is 2.28. The first-order chi connectivity index (χ1) is 20.8. The largest absolute Gasteiger partial charge is 0.512 e. The molecule has 4 N–H and O–H groups in total. The van der Waals surface area contributed by atoms with Crippen LogP contribution in [0.2, 0.25) is 0 Å². The van der Waals surface area contributed by atoms with Crippen LogP contribution >= 0.6 is 0 Å². The van der Waals surface area contributed by atoms with E-state index >= 15 is 0 Å². The lowest BCUT2D eigenvalue weighted by atomic mass is 9.96. The van der Waals surface area contributed by atoms with Crippen LogP contribution in [0.5, 0.6) is 0 Å². The molecular formula is C34H34N4O6. The monoisotopic (exact) mass is 594 g/mol. The maximum Gasteiger partial charge on any atom is 0.303 e. The van der Waals surface area contributed by atoms with Crippen LogP contribution in [-0.2, 0) is 14.4 Å². The molecule has 0 aromatic carbocycles. The number of nitrogens with zero attached hydrogens (tertiary/aromatic N) is 3. The molecule has 4 aliphatic rings. The first-order valence-electron chi connectivity index (χ1n) is 14.3. The van der Waals surface area contributed by atoms with Crippen molar-refractivity contribution in [3.8, 4) is 0 Å². The summed E-state index contributed by atoms with van der Waals surface area (Å²) in [4.78, 5) is 53.9. The number of Topliss-reactive ketones (excluding diaryl/α,β-unsaturated/α-hetero) is 1. The van der Waals surface area contributed by atoms with Crippen LogP contribution < -0.4 is 10.6 Å². The van der Waals surface area contributed by atoms with Gasteiger partial charge in [-0.25, -0.2) is 15.0 Å². The van der Waals surface area contributed by atoms with Crippen LogP contribution in [0.15, 0.2) is 77.7 Å². The fourth-order valence-corrected chi connectivity index (χ4v) is 6.04. The number of carbonyl (C=O) groups is 3. The second kappa shape index (κ2) is 11.5. The molecule has 8 bridgehead atoms. The van der Waals surface area contributed by atoms with Crippen molar-refractivity contribution >= 4 is 52.8 Å². The van der Waals surface area contributed by atoms with Gasteiger partial charge in [0.05, 0.1) is 45.3 Å². The van der Waals surface area contributed by atoms with Crippen LogP contribution in [0.4, 0.5) is 0 Å². The van der Waals surface area contributed by atoms with Gasteiger partial charge in [0.2, 0.25) is 0 Å². The molecule has 5 heterocycles. The number of aromatic nitrogens is 1. The van der Waals surface area contributed by atoms with Gasteiger partial charge in [-0.15, -0.1) is 0 Å². The number of carbonyl (C=O) groups excluding carboxylic acids is 1. The van der Waals surface area contributed by atoms with Gasteiger partial charge in [0.1, 0.15) is 0 Å². The number of fused-ring (bicyclic) bond motifs is 5. The van der Waals surface area contributed by atoms with E-state index in [9.17, 15) is 29.7 Å². The van der Waals surface area contributed by atoms with Gasteiger partial charge in [0.15, 0.2) is 5.78 Å². The summed E-state index contributed by atoms with van der Waals surface area (Å²) in [7, 11) is 0. The van der Waals surface area contributed by atoms with Crippen LogP contribution in [0.1, 0.15) is 71.6 Å². The molecule has 0 fully saturated rings. The van der Waals surface area contributed by atoms with Crippen molar-refractivity contribution in [3.63, 3.8) is 0 Å². The fourth-order valence-electron chi connectivity index (χ4n) is 6.04. The molecule has 226 valence electrons. The van der Waals surface area contributed by atoms with Gasteiger partial charge < -0.3 is 20.3 Å². The van der Waals surface area contributed by atoms with Crippen molar-refractivity contribution in [2.24, 2.45) is 15.0 Å². The summed E-state index contributed by atoms with van der Waals surface area (Å²) < 4.78 is 0. The lowest BCUT2D eigenvalue weighted by molar-refractivity contribution is -0.137. The number of allylic oxidation sites excluding steroid dienone is 8. The number of H-pyrrole nitrogens is 1. The number of aliphatic carboxylic acids is 2. The zero-order valence-corrected chi connectivity index (χ0v) is 25.5. The molecule has 0 unspecified atom stereocenters. The molecule has 10 heteroatoms. The lowest BCUT2D eigenvalue weighted by Crippen LogP contribution is -2.27. The van der Waals surface area contributed by atoms with E-state index in [-0.39, 0.29) is 37.2 Å². The van der Waals surface area contributed by atoms with E-state index in [4.69, 9.17) is 15.0 Å². The molecule has 10 nitrogen and oxygen atoms in total. The van der Waals surface area contributed by atoms with Gasteiger partial charge in [-0.2, -0.15) is 0 Å². The number of carboxylic acids is 2. The van der Waals surface area contributed by atoms with Crippen molar-refractivity contribution in [2.45, 2.75) is 67.2 Å². The number of aliphatic imine (C=N–C) groups is 3. The van der Waals surface area contributed by atoms with Gasteiger partial charge in [-0.05, 0) is 112 Å². The highest BCUT2D eigenvalue weighted by atomic mass is 16.4. The van der Waals surface area contributed by atoms with Crippen molar-refractivity contribution in [3.05, 3.63) is 84.5 Å². The predicted molar refractivity (Wildman–Crippen MR) is 170 cm³/mol. The van der Waals surface area contributed by atoms with E-state index in [0.717, 1.165) is 27.9 Å². The van der Waals surface area contributed by atoms with Gasteiger partial charge in [-0.1, -0.05) is 0 Å². The highest BCUT2D eigenvalue weighted by molar-refractivity contribution is 6.24. The van der Waals surface area contributed by atoms with Gasteiger partial charge in [-0.3, -0.25) is 14.4 Å². The number of aliphatic hydroxyl groups excluding tert-OH is 1. The third-order valence-electron chi connectivity index (χ3n) is 8.35. The quantitative estimate of drug-likeness (QED) is 0.362. The Hall–Kier alpha value is -5.12. The lowest BCUT2D eigenvalue weighted by Gasteiger charge is -2.07. The van der Waals surface area contributed by atoms with Crippen molar-refractivity contribution in [2.75, 3.05) is 0 Å². The molecule has 44 heavy (non-hydrogen) atoms. The Bertz CT molecular complexity index is 1980. The highest BCUT2D eigenvalue weighted by Crippen LogP contribution is 2.36. The average Bonchev–Trinajstić information content (AvgIpc) is 3.59. The van der Waals surface area contributed by atoms with Gasteiger partial charge in [0.25, 0.3) is 0 Å². The van der Waals surface area contributed by atoms with Crippen molar-refractivity contribution in [1.29, 1.82) is 0 Å². The first-order valence-corrected chi connectivity index (χ1v) is 14.3. The Morgan fingerprint density at radius 1 is 0.682 bits per heavy atom. The predicted octanol–water partition coefficient (Wildman–Crippen LogP) is 4.54. The number of rotatable bonds is 7. The molecule has 1 aromatic rings. The number of nitrogens with one attached hydrogen (secondary N) is 1. The SMILES string of the molecule is CC(=O)C1=C(C)C2=NC1=Cc1[nH]c(/c(=C(/C)O)c1C)=CC1=NC(=CC3=NC(=C2)C(C)=C3CCC(=O)O)C(CCC(=O)O)=C1C. The Morgan fingerprint density at radius 3 is 1.86 bits per heavy atom. The molecule has 0 atom stereocenters. The second-order valence-electron chi connectivity index (χ2n) is 11.3. The Labute approximate surface area is 254 Å². The zero-order valence-electron chi connectivity index (χ0n) is 25.5. The molecule has 1 aromatic heterocycles. The normalized spacial score (nSPS) is 18.4. The summed E-state index contributed by atoms with van der Waals surface area (Å²) in [5, 5.41) is 30.8. The maximum atomic E-state index is 12.8. The van der Waals surface area contributed by atoms with E-state index in [1.807, 2.05) is 33.8 Å². The average molecular weight is 595 g/mol. The molecule has 4 aliphatic heterocycles. The number of aliphatic hydroxyl groups is 1. The minimum absolute atomic E-state index is 0.0940. The second-order valence-corrected chi connectivity index (χ2v) is 11.3. The number of carboxylic acid groups (broad SMARTS) is 2. The summed E-state index contributed by atoms with van der Waals surface area (Å²) in [5.41, 5.74) is 9.03. The van der Waals surface area contributed by atoms with Crippen LogP contribution in [-0.4, -0.2) is 55.2 Å². The van der Waals surface area contributed by atoms with Gasteiger partial charge >= 0.3 is 11.9 Å². The van der Waals surface area contributed by atoms with Gasteiger partial charge in [0, 0.05) is 29.3 Å². The van der Waals surface area contributed by atoms with Crippen molar-refractivity contribution < 1.29 is 29.7 Å². The minimum atomic E-state index is -0.936. The van der Waals surface area contributed by atoms with E-state index in [1.165, 1.54) is 6.92 Å². The Kier molecular flexibility index (Phi) is 7.94. The number of hydrogen-bond donors (Lipinski definition) is 4. The minimum Gasteiger partial charge on any atom is -0.512 e. The standard InChI is InChI=1S/C34H34N4O6/c1-15-21(7-9-31(41)42)27-14-28-22(8-10-32(43)44)16(2)24(36-28)12-29-34(20(6)40)18(4)26(38-29)13-30-33(19(5)39)17(3)25(37-30)11-23(15)35-27/h11-14,38,40H,7-10H2,1-6H3,(H,41,42)(H,43,44)/b23-11?,28-14?,29-12?,30-13?,34-20-. The zero-order chi connectivity index (χ0) is 32.0. The van der Waals surface area contributed by atoms with Crippen LogP contribution in [0.25, 0.3) is 17.9 Å². The topological polar surface area (TPSA) is 165 Å². The van der Waals surface area contributed by atoms with E-state index in [0.29, 0.717) is 61.6 Å². The first kappa shape index (κ1) is 30.3. The summed E-state index contributed by atoms with van der Waals surface area (Å²) in [6.07, 6.45) is 7.49. The summed E-state index contributed by atoms with van der Waals surface area (Å²) >= 11 is 0. The Balaban J connectivity index is 1.86. The van der Waals surface area contributed by atoms with E-state index < -0.39 is 11.9 Å². The molecule has 0 saturated carbocycles. The molecule has 0 radical (unpaired) electrons. The van der Waals surface area contributed by atoms with Crippen molar-refractivity contribution in [1.82, 2.24) is 4.98 Å². The number of hydrogen-bond acceptors (Lipinski definition) is 7. The summed E-state index contributed by atoms with van der Waals surface area (Å²) in [6.45, 7) is 10.6. The molecule has 0 saturated heterocycles. The summed E-state index contributed by atoms with van der Waals surface area (Å²) in [6, 6.07) is 0. The third-order valence-corrected chi connectivity index (χ3v) is 8.35. The molecule has 0 aliphatic carbocycles. The fraction of sp³-hybridized carbons (Fsp3) is 0.294. The third kappa shape index (κ3) is 5.50. The molecule has 0 amide bonds. The molecule has 5 rings (SSSR count). The molecular weight excluding hydrogens is 560 g/mol. The van der Waals surface area contributed by atoms with Crippen LogP contribution in [0, 0.1) is 6.92 Å². The molecule has 0 spiro atoms.